The van der Waals surface area contributed by atoms with Gasteiger partial charge in [-0.25, -0.2) is 5.06 Å². The molecule has 0 radical (unpaired) electrons. The molecule has 0 fully saturated rings. The van der Waals surface area contributed by atoms with Crippen LogP contribution in [0.5, 0.6) is 0 Å². The molecule has 0 amide bonds. The number of nitrogens with one attached hydrogen (secondary N) is 1. The minimum Gasteiger partial charge on any atom is -1.00 e. The summed E-state index contributed by atoms with van der Waals surface area (Å²) >= 11 is 0. The zero-order chi connectivity index (χ0) is 10.7. The summed E-state index contributed by atoms with van der Waals surface area (Å²) in [6.07, 6.45) is 3.28. The molecule has 1 heterocycles. The second kappa shape index (κ2) is 5.57. The number of hydrogen-bond acceptors (Lipinski definition) is 2. The smallest absolute Gasteiger partial charge is 0.744 e. The van der Waals surface area contributed by atoms with Crippen molar-refractivity contribution in [2.24, 2.45) is 0 Å². The average Bonchev–Trinajstić information content (AvgIpc) is 2.67. The summed E-state index contributed by atoms with van der Waals surface area (Å²) in [6.45, 7) is 0.356. The average molecular weight is 230 g/mol. The van der Waals surface area contributed by atoms with Crippen molar-refractivity contribution in [3.05, 3.63) is 42.7 Å². The van der Waals surface area contributed by atoms with Crippen molar-refractivity contribution in [1.29, 1.82) is 0 Å². The molecule has 0 aliphatic carbocycles. The van der Waals surface area contributed by atoms with Gasteiger partial charge in [0.05, 0.1) is 6.20 Å². The highest BCUT2D eigenvalue weighted by atomic mass is 19.2. The van der Waals surface area contributed by atoms with Crippen LogP contribution in [-0.2, 0) is 4.76 Å². The van der Waals surface area contributed by atoms with Crippen molar-refractivity contribution in [2.45, 2.75) is 0 Å². The van der Waals surface area contributed by atoms with Gasteiger partial charge in [0.15, 0.2) is 6.67 Å². The lowest BCUT2D eigenvalue weighted by Crippen LogP contribution is -3.02. The van der Waals surface area contributed by atoms with Gasteiger partial charge in [0.2, 0.25) is 0 Å². The van der Waals surface area contributed by atoms with Crippen LogP contribution < -0.4 is 9.60 Å². The molecular weight excluding hydrogens is 220 g/mol. The van der Waals surface area contributed by atoms with Crippen molar-refractivity contribution >= 4 is 13.2 Å². The Labute approximate surface area is 91.4 Å². The number of hydrogen-bond donors (Lipinski definition) is 1. The molecule has 86 valence electrons. The van der Waals surface area contributed by atoms with Gasteiger partial charge in [-0.1, -0.05) is 18.2 Å². The SMILES string of the molecule is FB(F)ON1C=C[NH+](c2ccccc2)C1.[F-]. The van der Waals surface area contributed by atoms with Gasteiger partial charge < -0.3 is 4.70 Å². The molecule has 0 aromatic heterocycles. The van der Waals surface area contributed by atoms with Crippen molar-refractivity contribution < 1.29 is 23.0 Å². The van der Waals surface area contributed by atoms with Crippen LogP contribution in [0.2, 0.25) is 0 Å². The first kappa shape index (κ1) is 12.6. The Morgan fingerprint density at radius 1 is 1.25 bits per heavy atom. The molecule has 3 nitrogen and oxygen atoms in total. The monoisotopic (exact) mass is 230 g/mol. The van der Waals surface area contributed by atoms with Crippen molar-refractivity contribution in [3.63, 3.8) is 0 Å². The third kappa shape index (κ3) is 3.01. The van der Waals surface area contributed by atoms with Gasteiger partial charge >= 0.3 is 7.47 Å². The van der Waals surface area contributed by atoms with E-state index in [2.05, 4.69) is 4.76 Å². The highest BCUT2D eigenvalue weighted by Gasteiger charge is 2.26. The summed E-state index contributed by atoms with van der Waals surface area (Å²) in [5.41, 5.74) is 1.02. The highest BCUT2D eigenvalue weighted by Crippen LogP contribution is 2.04. The molecular formula is C9H10BF3N2O. The highest BCUT2D eigenvalue weighted by molar-refractivity contribution is 6.34. The first-order chi connectivity index (χ1) is 7.25. The van der Waals surface area contributed by atoms with E-state index in [1.54, 1.807) is 6.20 Å². The van der Waals surface area contributed by atoms with E-state index >= 15 is 0 Å². The first-order valence-electron chi connectivity index (χ1n) is 4.57. The topological polar surface area (TPSA) is 16.9 Å². The van der Waals surface area contributed by atoms with Crippen molar-refractivity contribution in [2.75, 3.05) is 6.67 Å². The zero-order valence-electron chi connectivity index (χ0n) is 8.32. The molecule has 0 bridgehead atoms. The van der Waals surface area contributed by atoms with Gasteiger partial charge in [0, 0.05) is 0 Å². The van der Waals surface area contributed by atoms with E-state index < -0.39 is 7.47 Å². The lowest BCUT2D eigenvalue weighted by molar-refractivity contribution is -0.782. The summed E-state index contributed by atoms with van der Waals surface area (Å²) in [6, 6.07) is 9.60. The molecule has 16 heavy (non-hydrogen) atoms. The maximum Gasteiger partial charge on any atom is 0.744 e. The predicted molar refractivity (Wildman–Crippen MR) is 52.0 cm³/mol. The van der Waals surface area contributed by atoms with Crippen LogP contribution in [-0.4, -0.2) is 19.2 Å². The molecule has 1 N–H and O–H groups in total. The summed E-state index contributed by atoms with van der Waals surface area (Å²) in [7, 11) is -2.77. The van der Waals surface area contributed by atoms with Crippen LogP contribution in [0.3, 0.4) is 0 Å². The summed E-state index contributed by atoms with van der Waals surface area (Å²) in [5.74, 6) is 0. The van der Waals surface area contributed by atoms with Crippen LogP contribution in [0.1, 0.15) is 0 Å². The number of benzene rings is 1. The Hall–Kier alpha value is -1.47. The van der Waals surface area contributed by atoms with E-state index in [-0.39, 0.29) is 4.70 Å². The minimum atomic E-state index is -2.77. The van der Waals surface area contributed by atoms with Crippen molar-refractivity contribution in [1.82, 2.24) is 5.06 Å². The molecule has 1 aliphatic heterocycles. The van der Waals surface area contributed by atoms with Crippen LogP contribution in [0.15, 0.2) is 42.7 Å². The summed E-state index contributed by atoms with van der Waals surface area (Å²) in [4.78, 5) is 0.969. The normalized spacial score (nSPS) is 18.4. The maximum absolute atomic E-state index is 11.9. The Balaban J connectivity index is 0.00000128. The fraction of sp³-hybridized carbons (Fsp3) is 0.111. The molecule has 0 spiro atoms. The first-order valence-corrected chi connectivity index (χ1v) is 4.57. The number of para-hydroxylation sites is 1. The quantitative estimate of drug-likeness (QED) is 0.594. The van der Waals surface area contributed by atoms with E-state index in [9.17, 15) is 8.63 Å². The lowest BCUT2D eigenvalue weighted by atomic mass is 10.3. The number of rotatable bonds is 3. The van der Waals surface area contributed by atoms with Gasteiger partial charge in [0.25, 0.3) is 0 Å². The van der Waals surface area contributed by atoms with Crippen LogP contribution in [0.4, 0.5) is 14.3 Å². The summed E-state index contributed by atoms with van der Waals surface area (Å²) in [5, 5.41) is 1.13. The molecule has 1 aromatic carbocycles. The molecule has 1 atom stereocenters. The molecule has 1 unspecified atom stereocenters. The van der Waals surface area contributed by atoms with E-state index in [0.29, 0.717) is 6.67 Å². The van der Waals surface area contributed by atoms with E-state index in [1.165, 1.54) is 6.20 Å². The third-order valence-corrected chi connectivity index (χ3v) is 2.13. The van der Waals surface area contributed by atoms with Crippen LogP contribution in [0.25, 0.3) is 0 Å². The molecule has 1 aromatic rings. The Kier molecular flexibility index (Phi) is 4.39. The molecule has 1 aliphatic rings. The Bertz CT molecular complexity index is 350. The number of halogens is 3. The fourth-order valence-electron chi connectivity index (χ4n) is 1.46. The third-order valence-electron chi connectivity index (χ3n) is 2.13. The van der Waals surface area contributed by atoms with Gasteiger partial charge in [-0.3, -0.25) is 18.3 Å². The lowest BCUT2D eigenvalue weighted by Gasteiger charge is -2.14. The standard InChI is InChI=1S/C9H9BF2N2O.FH/c11-10(12)15-14-7-6-13(8-14)9-4-2-1-3-5-9;/h1-7H,8H2;1H. The van der Waals surface area contributed by atoms with Crippen molar-refractivity contribution in [3.8, 4) is 0 Å². The van der Waals surface area contributed by atoms with Crippen LogP contribution >= 0.6 is 0 Å². The largest absolute Gasteiger partial charge is 1.00 e. The number of quaternary nitrogens is 1. The number of hydroxylamine groups is 2. The maximum atomic E-state index is 11.9. The minimum absolute atomic E-state index is 0. The van der Waals surface area contributed by atoms with Gasteiger partial charge in [-0.2, -0.15) is 0 Å². The van der Waals surface area contributed by atoms with E-state index in [1.807, 2.05) is 30.3 Å². The van der Waals surface area contributed by atoms with Gasteiger partial charge in [0.1, 0.15) is 11.9 Å². The molecule has 0 saturated carbocycles. The molecule has 2 rings (SSSR count). The number of nitrogens with zero attached hydrogens (tertiary/aromatic N) is 1. The van der Waals surface area contributed by atoms with Gasteiger partial charge in [-0.15, -0.1) is 0 Å². The van der Waals surface area contributed by atoms with Crippen LogP contribution in [0, 0.1) is 0 Å². The zero-order valence-corrected chi connectivity index (χ0v) is 8.32. The second-order valence-corrected chi connectivity index (χ2v) is 3.15. The van der Waals surface area contributed by atoms with Gasteiger partial charge in [-0.05, 0) is 12.1 Å². The Morgan fingerprint density at radius 2 is 1.94 bits per heavy atom. The fourth-order valence-corrected chi connectivity index (χ4v) is 1.46. The molecule has 0 saturated heterocycles. The predicted octanol–water partition coefficient (Wildman–Crippen LogP) is -2.19. The molecule has 7 heteroatoms. The van der Waals surface area contributed by atoms with E-state index in [0.717, 1.165) is 15.7 Å². The van der Waals surface area contributed by atoms with E-state index in [4.69, 9.17) is 0 Å². The summed E-state index contributed by atoms with van der Waals surface area (Å²) < 4.78 is 28.1. The second-order valence-electron chi connectivity index (χ2n) is 3.15. The Morgan fingerprint density at radius 3 is 2.56 bits per heavy atom.